The Morgan fingerprint density at radius 3 is 2.73 bits per heavy atom. The molecule has 0 spiro atoms. The highest BCUT2D eigenvalue weighted by Crippen LogP contribution is 2.34. The lowest BCUT2D eigenvalue weighted by Gasteiger charge is -2.20. The molecule has 1 N–H and O–H groups in total. The number of anilines is 1. The molecule has 0 aliphatic heterocycles. The smallest absolute Gasteiger partial charge is 0.319 e. The first-order valence-corrected chi connectivity index (χ1v) is 7.74. The maximum atomic E-state index is 12.8. The molecule has 1 aliphatic rings. The van der Waals surface area contributed by atoms with Crippen LogP contribution in [0.25, 0.3) is 0 Å². The first-order chi connectivity index (χ1) is 12.3. The van der Waals surface area contributed by atoms with Gasteiger partial charge in [-0.1, -0.05) is 24.3 Å². The van der Waals surface area contributed by atoms with Crippen LogP contribution in [-0.2, 0) is 0 Å². The van der Waals surface area contributed by atoms with Crippen molar-refractivity contribution in [1.29, 1.82) is 0 Å². The van der Waals surface area contributed by atoms with E-state index >= 15 is 0 Å². The van der Waals surface area contributed by atoms with Crippen molar-refractivity contribution in [3.05, 3.63) is 72.4 Å². The number of amides is 1. The van der Waals surface area contributed by atoms with Gasteiger partial charge < -0.3 is 5.32 Å². The largest absolute Gasteiger partial charge is 0.395 e. The van der Waals surface area contributed by atoms with Gasteiger partial charge in [0.15, 0.2) is 0 Å². The number of aromatic nitrogens is 2. The van der Waals surface area contributed by atoms with Gasteiger partial charge in [0.25, 0.3) is 11.8 Å². The molecular formula is C18H14F3N3O2. The number of nitrogens with zero attached hydrogens (tertiary/aromatic N) is 2. The number of halogens is 3. The van der Waals surface area contributed by atoms with E-state index in [0.29, 0.717) is 5.69 Å². The zero-order valence-electron chi connectivity index (χ0n) is 13.4. The second-order valence-corrected chi connectivity index (χ2v) is 5.71. The Balaban J connectivity index is 1.70. The molecule has 1 atom stereocenters. The maximum absolute atomic E-state index is 12.8. The van der Waals surface area contributed by atoms with E-state index < -0.39 is 30.3 Å². The molecule has 0 saturated carbocycles. The normalized spacial score (nSPS) is 16.9. The van der Waals surface area contributed by atoms with Crippen LogP contribution >= 0.6 is 0 Å². The fourth-order valence-electron chi connectivity index (χ4n) is 2.52. The zero-order valence-corrected chi connectivity index (χ0v) is 13.4. The van der Waals surface area contributed by atoms with Gasteiger partial charge in [0.1, 0.15) is 5.69 Å². The predicted octanol–water partition coefficient (Wildman–Crippen LogP) is 3.84. The number of hydrogen-bond acceptors (Lipinski definition) is 3. The average Bonchev–Trinajstić information content (AvgIpc) is 3.09. The summed E-state index contributed by atoms with van der Waals surface area (Å²) in [6, 6.07) is 6.36. The van der Waals surface area contributed by atoms with E-state index in [1.165, 1.54) is 42.9 Å². The third-order valence-corrected chi connectivity index (χ3v) is 3.86. The highest BCUT2D eigenvalue weighted by Gasteiger charge is 2.39. The van der Waals surface area contributed by atoms with Crippen molar-refractivity contribution >= 4 is 17.5 Å². The van der Waals surface area contributed by atoms with Crippen molar-refractivity contribution in [2.45, 2.75) is 12.6 Å². The third-order valence-electron chi connectivity index (χ3n) is 3.86. The molecule has 0 radical (unpaired) electrons. The predicted molar refractivity (Wildman–Crippen MR) is 88.6 cm³/mol. The number of alkyl halides is 3. The van der Waals surface area contributed by atoms with Crippen LogP contribution in [0.15, 0.2) is 66.7 Å². The van der Waals surface area contributed by atoms with Gasteiger partial charge in [0.05, 0.1) is 11.6 Å². The molecule has 0 aromatic carbocycles. The quantitative estimate of drug-likeness (QED) is 0.903. The molecule has 2 aromatic heterocycles. The lowest BCUT2D eigenvalue weighted by molar-refractivity contribution is -0.160. The summed E-state index contributed by atoms with van der Waals surface area (Å²) in [6.07, 6.45) is 3.05. The van der Waals surface area contributed by atoms with Crippen molar-refractivity contribution in [1.82, 2.24) is 9.55 Å². The van der Waals surface area contributed by atoms with Gasteiger partial charge in [0.2, 0.25) is 0 Å². The summed E-state index contributed by atoms with van der Waals surface area (Å²) < 4.78 is 39.7. The maximum Gasteiger partial charge on any atom is 0.395 e. The Bertz CT molecular complexity index is 883. The van der Waals surface area contributed by atoms with Crippen LogP contribution in [0.5, 0.6) is 0 Å². The lowest BCUT2D eigenvalue weighted by Crippen LogP contribution is -2.25. The molecule has 134 valence electrons. The number of nitrogens with one attached hydrogen (secondary N) is 1. The summed E-state index contributed by atoms with van der Waals surface area (Å²) in [5.41, 5.74) is 0.598. The molecule has 0 fully saturated rings. The number of hydrogen-bond donors (Lipinski definition) is 1. The molecule has 2 heterocycles. The van der Waals surface area contributed by atoms with Gasteiger partial charge in [-0.25, -0.2) is 0 Å². The van der Waals surface area contributed by atoms with Crippen LogP contribution in [-0.4, -0.2) is 27.5 Å². The molecule has 1 unspecified atom stereocenters. The highest BCUT2D eigenvalue weighted by atomic mass is 19.4. The summed E-state index contributed by atoms with van der Waals surface area (Å²) in [5, 5.41) is 2.58. The molecule has 1 amide bonds. The zero-order chi connectivity index (χ0) is 18.7. The molecule has 3 rings (SSSR count). The monoisotopic (exact) mass is 361 g/mol. The summed E-state index contributed by atoms with van der Waals surface area (Å²) in [7, 11) is 0. The lowest BCUT2D eigenvalue weighted by atomic mass is 9.93. The van der Waals surface area contributed by atoms with Crippen LogP contribution in [0, 0.1) is 5.92 Å². The van der Waals surface area contributed by atoms with Crippen molar-refractivity contribution < 1.29 is 22.8 Å². The fourth-order valence-corrected chi connectivity index (χ4v) is 2.52. The number of rotatable bonds is 3. The van der Waals surface area contributed by atoms with Crippen LogP contribution in [0.3, 0.4) is 0 Å². The van der Waals surface area contributed by atoms with Gasteiger partial charge in [0, 0.05) is 24.2 Å². The molecule has 2 aromatic rings. The standard InChI is InChI=1S/C18H14F3N3O2/c19-18(20,21)13-5-3-4-12(10-13)17(26)24-9-7-14(11-24)23-16(25)15-6-1-2-8-22-15/h1-9,11,13H,10H2,(H,23,25). The molecule has 0 saturated heterocycles. The number of carbonyl (C=O) groups excluding carboxylic acids is 2. The Hall–Kier alpha value is -3.16. The van der Waals surface area contributed by atoms with Crippen molar-refractivity contribution in [2.75, 3.05) is 5.32 Å². The topological polar surface area (TPSA) is 64.0 Å². The van der Waals surface area contributed by atoms with E-state index in [9.17, 15) is 22.8 Å². The van der Waals surface area contributed by atoms with Crippen molar-refractivity contribution in [2.24, 2.45) is 5.92 Å². The Kier molecular flexibility index (Phi) is 4.75. The SMILES string of the molecule is O=C(Nc1ccn(C(=O)C2=CC=CC(C(F)(F)F)C2)c1)c1ccccn1. The van der Waals surface area contributed by atoms with Gasteiger partial charge in [-0.15, -0.1) is 0 Å². The first-order valence-electron chi connectivity index (χ1n) is 7.74. The minimum atomic E-state index is -4.39. The minimum Gasteiger partial charge on any atom is -0.319 e. The van der Waals surface area contributed by atoms with E-state index in [-0.39, 0.29) is 11.3 Å². The van der Waals surface area contributed by atoms with E-state index in [2.05, 4.69) is 10.3 Å². The summed E-state index contributed by atoms with van der Waals surface area (Å²) in [5.74, 6) is -2.69. The van der Waals surface area contributed by atoms with Gasteiger partial charge in [-0.05, 0) is 24.6 Å². The van der Waals surface area contributed by atoms with Gasteiger partial charge in [-0.2, -0.15) is 13.2 Å². The van der Waals surface area contributed by atoms with E-state index in [0.717, 1.165) is 10.6 Å². The molecule has 1 aliphatic carbocycles. The summed E-state index contributed by atoms with van der Waals surface area (Å²) in [6.45, 7) is 0. The summed E-state index contributed by atoms with van der Waals surface area (Å²) in [4.78, 5) is 28.4. The molecule has 8 heteroatoms. The fraction of sp³-hybridized carbons (Fsp3) is 0.167. The minimum absolute atomic E-state index is 0.0491. The summed E-state index contributed by atoms with van der Waals surface area (Å²) >= 11 is 0. The van der Waals surface area contributed by atoms with Crippen LogP contribution in [0.1, 0.15) is 21.7 Å². The average molecular weight is 361 g/mol. The third kappa shape index (κ3) is 3.90. The van der Waals surface area contributed by atoms with Crippen molar-refractivity contribution in [3.8, 4) is 0 Å². The van der Waals surface area contributed by atoms with E-state index in [4.69, 9.17) is 0 Å². The number of pyridine rings is 1. The number of allylic oxidation sites excluding steroid dienone is 4. The van der Waals surface area contributed by atoms with Gasteiger partial charge in [-0.3, -0.25) is 19.1 Å². The molecule has 5 nitrogen and oxygen atoms in total. The first kappa shape index (κ1) is 17.7. The number of carbonyl (C=O) groups is 2. The second kappa shape index (κ2) is 6.99. The highest BCUT2D eigenvalue weighted by molar-refractivity contribution is 6.03. The van der Waals surface area contributed by atoms with Crippen LogP contribution in [0.4, 0.5) is 18.9 Å². The van der Waals surface area contributed by atoms with Crippen LogP contribution in [0.2, 0.25) is 0 Å². The van der Waals surface area contributed by atoms with E-state index in [1.54, 1.807) is 12.1 Å². The molecule has 26 heavy (non-hydrogen) atoms. The Morgan fingerprint density at radius 1 is 1.23 bits per heavy atom. The van der Waals surface area contributed by atoms with Gasteiger partial charge >= 0.3 is 6.18 Å². The second-order valence-electron chi connectivity index (χ2n) is 5.71. The van der Waals surface area contributed by atoms with Crippen molar-refractivity contribution in [3.63, 3.8) is 0 Å². The molecule has 0 bridgehead atoms. The molecular weight excluding hydrogens is 347 g/mol. The Labute approximate surface area is 146 Å². The van der Waals surface area contributed by atoms with E-state index in [1.807, 2.05) is 0 Å². The van der Waals surface area contributed by atoms with Crippen LogP contribution < -0.4 is 5.32 Å². The Morgan fingerprint density at radius 2 is 2.04 bits per heavy atom.